The van der Waals surface area contributed by atoms with Gasteiger partial charge >= 0.3 is 5.97 Å². The van der Waals surface area contributed by atoms with Gasteiger partial charge in [-0.1, -0.05) is 6.08 Å². The molecule has 0 saturated carbocycles. The molecular formula is C12H14O5. The summed E-state index contributed by atoms with van der Waals surface area (Å²) >= 11 is 0. The topological polar surface area (TPSA) is 61.8 Å². The average Bonchev–Trinajstić information content (AvgIpc) is 2.80. The second kappa shape index (κ2) is 4.71. The molecule has 0 radical (unpaired) electrons. The van der Waals surface area contributed by atoms with Gasteiger partial charge in [0.1, 0.15) is 6.29 Å². The molecule has 0 unspecified atom stereocenters. The lowest BCUT2D eigenvalue weighted by molar-refractivity contribution is -0.146. The average molecular weight is 238 g/mol. The first-order valence-corrected chi connectivity index (χ1v) is 5.34. The number of aldehydes is 1. The van der Waals surface area contributed by atoms with Crippen LogP contribution in [0.15, 0.2) is 23.5 Å². The van der Waals surface area contributed by atoms with E-state index in [9.17, 15) is 9.59 Å². The van der Waals surface area contributed by atoms with Gasteiger partial charge in [0.25, 0.3) is 0 Å². The molecule has 0 aromatic carbocycles. The lowest BCUT2D eigenvalue weighted by Crippen LogP contribution is -2.36. The van der Waals surface area contributed by atoms with Crippen LogP contribution in [0.5, 0.6) is 0 Å². The molecule has 3 atom stereocenters. The van der Waals surface area contributed by atoms with Gasteiger partial charge in [0.2, 0.25) is 6.29 Å². The van der Waals surface area contributed by atoms with Crippen molar-refractivity contribution in [3.63, 3.8) is 0 Å². The number of fused-ring (bicyclic) bond motifs is 1. The molecule has 2 aliphatic rings. The summed E-state index contributed by atoms with van der Waals surface area (Å²) < 4.78 is 15.2. The number of carbonyl (C=O) groups is 2. The van der Waals surface area contributed by atoms with E-state index in [1.165, 1.54) is 20.5 Å². The van der Waals surface area contributed by atoms with Gasteiger partial charge in [0, 0.05) is 13.0 Å². The second-order valence-corrected chi connectivity index (χ2v) is 3.99. The standard InChI is InChI=1S/C12H14O5/c1-15-11(14)9-6-17-12(16-2)10-7(5-13)3-4-8(9)10/h3,5-6,8,10,12H,4H2,1-2H3/t8-,10-,12-/m1/s1. The molecule has 0 spiro atoms. The molecule has 1 heterocycles. The molecule has 0 saturated heterocycles. The van der Waals surface area contributed by atoms with E-state index in [4.69, 9.17) is 14.2 Å². The van der Waals surface area contributed by atoms with Gasteiger partial charge < -0.3 is 14.2 Å². The Morgan fingerprint density at radius 2 is 2.29 bits per heavy atom. The smallest absolute Gasteiger partial charge is 0.337 e. The van der Waals surface area contributed by atoms with Crippen LogP contribution in [0.4, 0.5) is 0 Å². The summed E-state index contributed by atoms with van der Waals surface area (Å²) in [6.07, 6.45) is 4.10. The van der Waals surface area contributed by atoms with E-state index < -0.39 is 12.3 Å². The minimum absolute atomic E-state index is 0.0960. The summed E-state index contributed by atoms with van der Waals surface area (Å²) in [4.78, 5) is 22.5. The minimum atomic E-state index is -0.521. The maximum atomic E-state index is 11.6. The molecule has 2 rings (SSSR count). The van der Waals surface area contributed by atoms with E-state index in [0.717, 1.165) is 6.29 Å². The Hall–Kier alpha value is -1.62. The van der Waals surface area contributed by atoms with Gasteiger partial charge in [-0.05, 0) is 12.0 Å². The van der Waals surface area contributed by atoms with Crippen LogP contribution < -0.4 is 0 Å². The van der Waals surface area contributed by atoms with Crippen LogP contribution >= 0.6 is 0 Å². The van der Waals surface area contributed by atoms with Crippen molar-refractivity contribution in [2.45, 2.75) is 12.7 Å². The molecule has 0 aromatic heterocycles. The molecule has 5 nitrogen and oxygen atoms in total. The zero-order valence-electron chi connectivity index (χ0n) is 9.71. The third kappa shape index (κ3) is 1.86. The normalized spacial score (nSPS) is 30.8. The van der Waals surface area contributed by atoms with Crippen molar-refractivity contribution < 1.29 is 23.8 Å². The summed E-state index contributed by atoms with van der Waals surface area (Å²) in [5.41, 5.74) is 1.08. The van der Waals surface area contributed by atoms with E-state index in [0.29, 0.717) is 17.6 Å². The Kier molecular flexibility index (Phi) is 3.28. The summed E-state index contributed by atoms with van der Waals surface area (Å²) in [6, 6.07) is 0. The fourth-order valence-electron chi connectivity index (χ4n) is 2.40. The maximum Gasteiger partial charge on any atom is 0.337 e. The molecule has 0 N–H and O–H groups in total. The highest BCUT2D eigenvalue weighted by molar-refractivity contribution is 5.90. The Morgan fingerprint density at radius 1 is 1.53 bits per heavy atom. The largest absolute Gasteiger partial charge is 0.471 e. The molecule has 0 bridgehead atoms. The van der Waals surface area contributed by atoms with Crippen molar-refractivity contribution in [3.8, 4) is 0 Å². The highest BCUT2D eigenvalue weighted by Crippen LogP contribution is 2.42. The van der Waals surface area contributed by atoms with E-state index >= 15 is 0 Å². The summed E-state index contributed by atoms with van der Waals surface area (Å²) in [5, 5.41) is 0. The first-order valence-electron chi connectivity index (χ1n) is 5.34. The lowest BCUT2D eigenvalue weighted by Gasteiger charge is -2.32. The molecule has 1 aliphatic heterocycles. The highest BCUT2D eigenvalue weighted by atomic mass is 16.7. The molecule has 5 heteroatoms. The molecular weight excluding hydrogens is 224 g/mol. The number of esters is 1. The number of ether oxygens (including phenoxy) is 3. The first-order chi connectivity index (χ1) is 8.22. The SMILES string of the molecule is COC(=O)C1=CO[C@@H](OC)[C@@H]2C(C=O)=CC[C@H]12. The van der Waals surface area contributed by atoms with Crippen LogP contribution in [0, 0.1) is 11.8 Å². The van der Waals surface area contributed by atoms with Gasteiger partial charge in [-0.15, -0.1) is 0 Å². The van der Waals surface area contributed by atoms with Crippen LogP contribution in [0.2, 0.25) is 0 Å². The van der Waals surface area contributed by atoms with E-state index in [1.807, 2.05) is 6.08 Å². The number of rotatable bonds is 3. The monoisotopic (exact) mass is 238 g/mol. The van der Waals surface area contributed by atoms with Crippen LogP contribution in [0.25, 0.3) is 0 Å². The van der Waals surface area contributed by atoms with Crippen molar-refractivity contribution in [2.75, 3.05) is 14.2 Å². The van der Waals surface area contributed by atoms with Gasteiger partial charge in [-0.2, -0.15) is 0 Å². The van der Waals surface area contributed by atoms with Gasteiger partial charge in [0.15, 0.2) is 0 Å². The van der Waals surface area contributed by atoms with Crippen molar-refractivity contribution >= 4 is 12.3 Å². The molecule has 0 aromatic rings. The van der Waals surface area contributed by atoms with Crippen LogP contribution in [0.1, 0.15) is 6.42 Å². The number of carbonyl (C=O) groups excluding carboxylic acids is 2. The van der Waals surface area contributed by atoms with Crippen LogP contribution in [-0.2, 0) is 23.8 Å². The first kappa shape index (κ1) is 11.9. The fourth-order valence-corrected chi connectivity index (χ4v) is 2.40. The third-order valence-electron chi connectivity index (χ3n) is 3.24. The van der Waals surface area contributed by atoms with Crippen molar-refractivity contribution in [2.24, 2.45) is 11.8 Å². The summed E-state index contributed by atoms with van der Waals surface area (Å²) in [6.45, 7) is 0. The Morgan fingerprint density at radius 3 is 2.88 bits per heavy atom. The summed E-state index contributed by atoms with van der Waals surface area (Å²) in [5.74, 6) is -0.743. The number of hydrogen-bond donors (Lipinski definition) is 0. The van der Waals surface area contributed by atoms with E-state index in [-0.39, 0.29) is 11.8 Å². The molecule has 1 aliphatic carbocycles. The summed E-state index contributed by atoms with van der Waals surface area (Å²) in [7, 11) is 2.84. The second-order valence-electron chi connectivity index (χ2n) is 3.99. The van der Waals surface area contributed by atoms with Crippen LogP contribution in [-0.4, -0.2) is 32.8 Å². The Bertz CT molecular complexity index is 396. The van der Waals surface area contributed by atoms with E-state index in [2.05, 4.69) is 0 Å². The Balaban J connectivity index is 2.30. The van der Waals surface area contributed by atoms with Crippen molar-refractivity contribution in [1.82, 2.24) is 0 Å². The quantitative estimate of drug-likeness (QED) is 0.537. The third-order valence-corrected chi connectivity index (χ3v) is 3.24. The van der Waals surface area contributed by atoms with Gasteiger partial charge in [-0.3, -0.25) is 4.79 Å². The number of hydrogen-bond acceptors (Lipinski definition) is 5. The maximum absolute atomic E-state index is 11.6. The minimum Gasteiger partial charge on any atom is -0.471 e. The predicted octanol–water partition coefficient (Wildman–Crippen LogP) is 0.807. The molecule has 17 heavy (non-hydrogen) atoms. The van der Waals surface area contributed by atoms with Gasteiger partial charge in [-0.25, -0.2) is 4.79 Å². The van der Waals surface area contributed by atoms with Crippen molar-refractivity contribution in [1.29, 1.82) is 0 Å². The fraction of sp³-hybridized carbons (Fsp3) is 0.500. The lowest BCUT2D eigenvalue weighted by atomic mass is 9.84. The van der Waals surface area contributed by atoms with Crippen molar-refractivity contribution in [3.05, 3.63) is 23.5 Å². The number of methoxy groups -OCH3 is 2. The van der Waals surface area contributed by atoms with E-state index in [1.54, 1.807) is 0 Å². The zero-order chi connectivity index (χ0) is 12.4. The highest BCUT2D eigenvalue weighted by Gasteiger charge is 2.44. The zero-order valence-corrected chi connectivity index (χ0v) is 9.71. The van der Waals surface area contributed by atoms with Crippen LogP contribution in [0.3, 0.4) is 0 Å². The molecule has 0 amide bonds. The van der Waals surface area contributed by atoms with Gasteiger partial charge in [0.05, 0.1) is 24.9 Å². The molecule has 92 valence electrons. The number of allylic oxidation sites excluding steroid dienone is 1. The predicted molar refractivity (Wildman–Crippen MR) is 57.7 cm³/mol. The Labute approximate surface area is 99.0 Å². The molecule has 0 fully saturated rings.